The van der Waals surface area contributed by atoms with Crippen LogP contribution in [0, 0.1) is 4.91 Å². The molecule has 1 aliphatic heterocycles. The van der Waals surface area contributed by atoms with Gasteiger partial charge in [-0.25, -0.2) is 9.97 Å². The molecular weight excluding hydrogens is 671 g/mol. The van der Waals surface area contributed by atoms with E-state index in [1.807, 2.05) is 36.4 Å². The number of allylic oxidation sites excluding steroid dienone is 1. The number of ether oxygens (including phenoxy) is 2. The van der Waals surface area contributed by atoms with Crippen molar-refractivity contribution < 1.29 is 19.7 Å². The monoisotopic (exact) mass is 708 g/mol. The fraction of sp³-hybridized carbons (Fsp3) is 0.353. The molecule has 3 heterocycles. The molecule has 13 nitrogen and oxygen atoms in total. The standard InChI is InChI=1S/C34H38Cl2N8O5/c1-20-10-11-21(42-20)12-37-13-28-32(48-2)43-26(14-38-28)24-8-4-6-22(30(24)35)23-7-5-9-25(31(23)36)27-15-39-29(33(44-27)49-3)16-40-34(18-45,19-46)17-41-47/h4-9,14-15,21,37,40,42,45-46H,1,10-13,16-19H2,2-3H3/t21-/m0/s1. The molecule has 0 saturated carbocycles. The second-order valence-corrected chi connectivity index (χ2v) is 12.4. The topological polar surface area (TPSA) is 176 Å². The van der Waals surface area contributed by atoms with E-state index in [2.05, 4.69) is 42.7 Å². The zero-order valence-electron chi connectivity index (χ0n) is 27.2. The third kappa shape index (κ3) is 8.15. The summed E-state index contributed by atoms with van der Waals surface area (Å²) in [6.45, 7) is 3.95. The van der Waals surface area contributed by atoms with Crippen molar-refractivity contribution in [1.29, 1.82) is 0 Å². The summed E-state index contributed by atoms with van der Waals surface area (Å²) in [6, 6.07) is 11.5. The van der Waals surface area contributed by atoms with Gasteiger partial charge in [0.2, 0.25) is 11.8 Å². The van der Waals surface area contributed by atoms with Gasteiger partial charge in [-0.2, -0.15) is 4.91 Å². The zero-order chi connectivity index (χ0) is 35.0. The van der Waals surface area contributed by atoms with Gasteiger partial charge in [-0.1, -0.05) is 71.4 Å². The molecule has 1 aliphatic rings. The van der Waals surface area contributed by atoms with Crippen molar-refractivity contribution >= 4 is 23.2 Å². The third-order valence-electron chi connectivity index (χ3n) is 8.34. The van der Waals surface area contributed by atoms with Gasteiger partial charge in [0.1, 0.15) is 17.9 Å². The molecule has 0 radical (unpaired) electrons. The molecule has 15 heteroatoms. The second kappa shape index (κ2) is 16.4. The summed E-state index contributed by atoms with van der Waals surface area (Å²) in [4.78, 5) is 29.3. The van der Waals surface area contributed by atoms with E-state index in [1.165, 1.54) is 7.11 Å². The lowest BCUT2D eigenvalue weighted by atomic mass is 9.98. The molecule has 1 atom stereocenters. The van der Waals surface area contributed by atoms with E-state index in [-0.39, 0.29) is 19.0 Å². The van der Waals surface area contributed by atoms with Gasteiger partial charge in [0.25, 0.3) is 0 Å². The highest BCUT2D eigenvalue weighted by Crippen LogP contribution is 2.42. The molecule has 0 unspecified atom stereocenters. The molecule has 0 amide bonds. The van der Waals surface area contributed by atoms with Gasteiger partial charge in [-0.3, -0.25) is 15.3 Å². The van der Waals surface area contributed by atoms with Crippen LogP contribution in [-0.4, -0.2) is 82.3 Å². The molecule has 1 saturated heterocycles. The number of hydrogen-bond donors (Lipinski definition) is 5. The predicted molar refractivity (Wildman–Crippen MR) is 188 cm³/mol. The molecule has 5 N–H and O–H groups in total. The van der Waals surface area contributed by atoms with Gasteiger partial charge in [0.15, 0.2) is 0 Å². The van der Waals surface area contributed by atoms with Gasteiger partial charge in [-0.15, -0.1) is 0 Å². The Labute approximate surface area is 294 Å². The van der Waals surface area contributed by atoms with Crippen molar-refractivity contribution in [3.05, 3.63) is 87.4 Å². The van der Waals surface area contributed by atoms with Gasteiger partial charge < -0.3 is 30.3 Å². The molecule has 4 aromatic rings. The number of aliphatic hydroxyl groups is 2. The Bertz CT molecular complexity index is 1810. The summed E-state index contributed by atoms with van der Waals surface area (Å²) in [5.41, 5.74) is 4.41. The van der Waals surface area contributed by atoms with Crippen molar-refractivity contribution in [1.82, 2.24) is 35.9 Å². The highest BCUT2D eigenvalue weighted by molar-refractivity contribution is 6.39. The molecule has 2 aromatic carbocycles. The Hall–Kier alpha value is -4.24. The Morgan fingerprint density at radius 3 is 1.92 bits per heavy atom. The van der Waals surface area contributed by atoms with Crippen LogP contribution in [0.2, 0.25) is 10.0 Å². The van der Waals surface area contributed by atoms with Crippen LogP contribution in [0.15, 0.2) is 66.2 Å². The minimum Gasteiger partial charge on any atom is -0.480 e. The Morgan fingerprint density at radius 1 is 0.918 bits per heavy atom. The predicted octanol–water partition coefficient (Wildman–Crippen LogP) is 4.53. The maximum atomic E-state index is 10.9. The van der Waals surface area contributed by atoms with Gasteiger partial charge in [0, 0.05) is 53.6 Å². The first-order valence-corrected chi connectivity index (χ1v) is 16.3. The van der Waals surface area contributed by atoms with Crippen molar-refractivity contribution in [3.8, 4) is 45.4 Å². The normalized spacial score (nSPS) is 14.5. The molecule has 49 heavy (non-hydrogen) atoms. The molecule has 1 fully saturated rings. The average Bonchev–Trinajstić information content (AvgIpc) is 3.55. The van der Waals surface area contributed by atoms with Crippen LogP contribution >= 0.6 is 23.2 Å². The summed E-state index contributed by atoms with van der Waals surface area (Å²) in [5, 5.41) is 32.8. The summed E-state index contributed by atoms with van der Waals surface area (Å²) in [5.74, 6) is 0.600. The van der Waals surface area contributed by atoms with Crippen LogP contribution < -0.4 is 25.4 Å². The number of nitrogens with one attached hydrogen (secondary N) is 3. The molecular formula is C34H38Cl2N8O5. The van der Waals surface area contributed by atoms with Crippen LogP contribution in [0.5, 0.6) is 11.8 Å². The molecule has 0 bridgehead atoms. The zero-order valence-corrected chi connectivity index (χ0v) is 28.7. The van der Waals surface area contributed by atoms with Crippen molar-refractivity contribution in [2.24, 2.45) is 5.18 Å². The number of methoxy groups -OCH3 is 2. The van der Waals surface area contributed by atoms with E-state index in [0.717, 1.165) is 25.1 Å². The number of hydrogen-bond acceptors (Lipinski definition) is 13. The molecule has 5 rings (SSSR count). The number of rotatable bonds is 16. The van der Waals surface area contributed by atoms with Crippen molar-refractivity contribution in [2.75, 3.05) is 40.5 Å². The summed E-state index contributed by atoms with van der Waals surface area (Å²) in [6.07, 6.45) is 5.25. The Morgan fingerprint density at radius 2 is 1.45 bits per heavy atom. The van der Waals surface area contributed by atoms with Crippen LogP contribution in [-0.2, 0) is 13.1 Å². The van der Waals surface area contributed by atoms with Gasteiger partial charge >= 0.3 is 0 Å². The highest BCUT2D eigenvalue weighted by atomic mass is 35.5. The number of halogens is 2. The maximum absolute atomic E-state index is 10.9. The lowest BCUT2D eigenvalue weighted by Crippen LogP contribution is -2.54. The summed E-state index contributed by atoms with van der Waals surface area (Å²) in [7, 11) is 3.01. The number of benzene rings is 2. The maximum Gasteiger partial charge on any atom is 0.237 e. The fourth-order valence-electron chi connectivity index (χ4n) is 5.51. The van der Waals surface area contributed by atoms with Gasteiger partial charge in [-0.05, 0) is 12.8 Å². The Balaban J connectivity index is 1.39. The van der Waals surface area contributed by atoms with Crippen LogP contribution in [0.25, 0.3) is 33.6 Å². The van der Waals surface area contributed by atoms with Crippen LogP contribution in [0.1, 0.15) is 24.2 Å². The number of aromatic nitrogens is 4. The molecule has 2 aromatic heterocycles. The number of nitroso groups, excluding NO2 is 1. The lowest BCUT2D eigenvalue weighted by molar-refractivity contribution is 0.0949. The van der Waals surface area contributed by atoms with Crippen LogP contribution in [0.4, 0.5) is 0 Å². The fourth-order valence-corrected chi connectivity index (χ4v) is 6.16. The second-order valence-electron chi connectivity index (χ2n) is 11.6. The van der Waals surface area contributed by atoms with Crippen LogP contribution in [0.3, 0.4) is 0 Å². The third-order valence-corrected chi connectivity index (χ3v) is 9.15. The largest absolute Gasteiger partial charge is 0.480 e. The summed E-state index contributed by atoms with van der Waals surface area (Å²) >= 11 is 14.0. The Kier molecular flexibility index (Phi) is 12.1. The van der Waals surface area contributed by atoms with E-state index >= 15 is 0 Å². The molecule has 0 aliphatic carbocycles. The van der Waals surface area contributed by atoms with E-state index < -0.39 is 18.8 Å². The first-order chi connectivity index (χ1) is 23.8. The molecule has 258 valence electrons. The SMILES string of the molecule is C=C1CC[C@@H](CNCc2ncc(-c3cccc(-c4cccc(-c5cnc(CNC(CO)(CO)CN=O)c(OC)n5)c4Cl)c3Cl)nc2OC)N1. The minimum atomic E-state index is -1.31. The quantitative estimate of drug-likeness (QED) is 0.103. The number of nitrogens with zero attached hydrogens (tertiary/aromatic N) is 5. The lowest BCUT2D eigenvalue weighted by Gasteiger charge is -2.28. The first kappa shape index (κ1) is 36.1. The van der Waals surface area contributed by atoms with E-state index in [9.17, 15) is 15.1 Å². The first-order valence-electron chi connectivity index (χ1n) is 15.5. The van der Waals surface area contributed by atoms with Crippen molar-refractivity contribution in [2.45, 2.75) is 37.5 Å². The smallest absolute Gasteiger partial charge is 0.237 e. The number of aliphatic hydroxyl groups excluding tert-OH is 2. The summed E-state index contributed by atoms with van der Waals surface area (Å²) < 4.78 is 11.1. The van der Waals surface area contributed by atoms with Crippen molar-refractivity contribution in [3.63, 3.8) is 0 Å². The van der Waals surface area contributed by atoms with Gasteiger partial charge in [0.05, 0.1) is 66.8 Å². The van der Waals surface area contributed by atoms with E-state index in [1.54, 1.807) is 19.5 Å². The van der Waals surface area contributed by atoms with E-state index in [0.29, 0.717) is 73.5 Å². The molecule has 0 spiro atoms. The average molecular weight is 710 g/mol. The highest BCUT2D eigenvalue weighted by Gasteiger charge is 2.30. The van der Waals surface area contributed by atoms with E-state index in [4.69, 9.17) is 37.7 Å². The minimum absolute atomic E-state index is 0.0445.